The summed E-state index contributed by atoms with van der Waals surface area (Å²) in [6.45, 7) is 0.446. The van der Waals surface area contributed by atoms with E-state index < -0.39 is 29.8 Å². The Bertz CT molecular complexity index is 1270. The number of benzene rings is 2. The maximum atomic E-state index is 16.6. The molecular weight excluding hydrogens is 501 g/mol. The number of aliphatic hydroxyl groups is 1. The van der Waals surface area contributed by atoms with Crippen molar-refractivity contribution in [2.24, 2.45) is 5.92 Å². The third-order valence-corrected chi connectivity index (χ3v) is 7.81. The van der Waals surface area contributed by atoms with E-state index in [0.717, 1.165) is 49.9 Å². The standard InChI is InChI=1S/C30H30F5NO2/c1-38-16-17-14-23-26(24(37)15-17)25(18-8-12-22(31)13-9-18)27(29(36-23)20-4-2-3-5-20)28(32)19-6-10-21(11-7-19)30(33,34)35/h6-13,17,20,24,28,37H,2-5,14-16H2,1H3. The smallest absolute Gasteiger partial charge is 0.388 e. The molecule has 0 amide bonds. The zero-order valence-electron chi connectivity index (χ0n) is 21.1. The van der Waals surface area contributed by atoms with Crippen LogP contribution in [0.4, 0.5) is 22.0 Å². The summed E-state index contributed by atoms with van der Waals surface area (Å²) in [4.78, 5) is 4.98. The third kappa shape index (κ3) is 5.21. The highest BCUT2D eigenvalue weighted by Crippen LogP contribution is 2.49. The molecule has 0 aliphatic heterocycles. The van der Waals surface area contributed by atoms with Gasteiger partial charge in [0.15, 0.2) is 6.17 Å². The monoisotopic (exact) mass is 531 g/mol. The van der Waals surface area contributed by atoms with Crippen LogP contribution in [-0.4, -0.2) is 23.8 Å². The lowest BCUT2D eigenvalue weighted by Crippen LogP contribution is -2.26. The SMILES string of the molecule is COCC1Cc2nc(C3CCCC3)c(C(F)c3ccc(C(F)(F)F)cc3)c(-c3ccc(F)cc3)c2C(O)C1. The minimum atomic E-state index is -4.53. The molecule has 0 saturated heterocycles. The van der Waals surface area contributed by atoms with Crippen molar-refractivity contribution in [3.63, 3.8) is 0 Å². The Balaban J connectivity index is 1.74. The molecule has 2 aromatic carbocycles. The Labute approximate surface area is 218 Å². The second-order valence-corrected chi connectivity index (χ2v) is 10.4. The minimum absolute atomic E-state index is 0.0119. The lowest BCUT2D eigenvalue weighted by molar-refractivity contribution is -0.137. The molecule has 202 valence electrons. The summed E-state index contributed by atoms with van der Waals surface area (Å²) >= 11 is 0. The first kappa shape index (κ1) is 26.8. The van der Waals surface area contributed by atoms with Gasteiger partial charge in [0.1, 0.15) is 5.82 Å². The number of ether oxygens (including phenoxy) is 1. The van der Waals surface area contributed by atoms with Crippen molar-refractivity contribution < 1.29 is 31.8 Å². The van der Waals surface area contributed by atoms with Gasteiger partial charge in [-0.05, 0) is 72.6 Å². The van der Waals surface area contributed by atoms with Gasteiger partial charge in [0.05, 0.1) is 17.4 Å². The fourth-order valence-electron chi connectivity index (χ4n) is 6.05. The number of aliphatic hydroxyl groups excluding tert-OH is 1. The molecule has 3 atom stereocenters. The Morgan fingerprint density at radius 2 is 1.68 bits per heavy atom. The highest BCUT2D eigenvalue weighted by Gasteiger charge is 2.37. The highest BCUT2D eigenvalue weighted by atomic mass is 19.4. The molecule has 1 heterocycles. The van der Waals surface area contributed by atoms with Crippen LogP contribution in [0.3, 0.4) is 0 Å². The number of hydrogen-bond donors (Lipinski definition) is 1. The van der Waals surface area contributed by atoms with Crippen LogP contribution in [0.25, 0.3) is 11.1 Å². The first-order chi connectivity index (χ1) is 18.2. The average Bonchev–Trinajstić information content (AvgIpc) is 3.42. The van der Waals surface area contributed by atoms with E-state index in [0.29, 0.717) is 47.5 Å². The summed E-state index contributed by atoms with van der Waals surface area (Å²) in [5.74, 6) is -0.425. The van der Waals surface area contributed by atoms with Crippen molar-refractivity contribution in [1.29, 1.82) is 0 Å². The number of aromatic nitrogens is 1. The van der Waals surface area contributed by atoms with E-state index in [2.05, 4.69) is 0 Å². The Kier molecular flexibility index (Phi) is 7.56. The molecule has 1 saturated carbocycles. The molecule has 0 radical (unpaired) electrons. The number of methoxy groups -OCH3 is 1. The molecule has 8 heteroatoms. The Morgan fingerprint density at radius 1 is 1.03 bits per heavy atom. The van der Waals surface area contributed by atoms with Crippen LogP contribution >= 0.6 is 0 Å². The van der Waals surface area contributed by atoms with Crippen LogP contribution in [-0.2, 0) is 17.3 Å². The number of nitrogens with zero attached hydrogens (tertiary/aromatic N) is 1. The Morgan fingerprint density at radius 3 is 2.29 bits per heavy atom. The summed E-state index contributed by atoms with van der Waals surface area (Å²) in [7, 11) is 1.60. The Hall–Kier alpha value is -2.84. The van der Waals surface area contributed by atoms with Crippen molar-refractivity contribution in [2.75, 3.05) is 13.7 Å². The number of alkyl halides is 4. The van der Waals surface area contributed by atoms with Crippen molar-refractivity contribution in [2.45, 2.75) is 62.9 Å². The second-order valence-electron chi connectivity index (χ2n) is 10.4. The zero-order valence-corrected chi connectivity index (χ0v) is 21.1. The van der Waals surface area contributed by atoms with Gasteiger partial charge in [-0.25, -0.2) is 8.78 Å². The van der Waals surface area contributed by atoms with Gasteiger partial charge in [-0.1, -0.05) is 37.1 Å². The number of halogens is 5. The normalized spacial score (nSPS) is 20.9. The molecule has 1 N–H and O–H groups in total. The first-order valence-electron chi connectivity index (χ1n) is 13.0. The molecular formula is C30H30F5NO2. The van der Waals surface area contributed by atoms with Gasteiger partial charge in [-0.2, -0.15) is 13.2 Å². The summed E-state index contributed by atoms with van der Waals surface area (Å²) in [5.41, 5.74) is 2.25. The molecule has 2 aliphatic rings. The zero-order chi connectivity index (χ0) is 27.0. The van der Waals surface area contributed by atoms with Crippen molar-refractivity contribution in [3.05, 3.63) is 88.0 Å². The summed E-state index contributed by atoms with van der Waals surface area (Å²) < 4.78 is 75.4. The van der Waals surface area contributed by atoms with Gasteiger partial charge in [0.25, 0.3) is 0 Å². The molecule has 3 nitrogen and oxygen atoms in total. The van der Waals surface area contributed by atoms with E-state index in [-0.39, 0.29) is 23.0 Å². The largest absolute Gasteiger partial charge is 0.416 e. The van der Waals surface area contributed by atoms with Gasteiger partial charge in [0.2, 0.25) is 0 Å². The van der Waals surface area contributed by atoms with Gasteiger partial charge in [-0.3, -0.25) is 4.98 Å². The van der Waals surface area contributed by atoms with E-state index in [1.165, 1.54) is 12.1 Å². The topological polar surface area (TPSA) is 42.4 Å². The van der Waals surface area contributed by atoms with Gasteiger partial charge >= 0.3 is 6.18 Å². The minimum Gasteiger partial charge on any atom is -0.388 e. The van der Waals surface area contributed by atoms with Crippen LogP contribution in [0.5, 0.6) is 0 Å². The molecule has 38 heavy (non-hydrogen) atoms. The van der Waals surface area contributed by atoms with Crippen LogP contribution in [0.15, 0.2) is 48.5 Å². The van der Waals surface area contributed by atoms with Gasteiger partial charge in [-0.15, -0.1) is 0 Å². The lowest BCUT2D eigenvalue weighted by Gasteiger charge is -2.33. The van der Waals surface area contributed by atoms with E-state index in [1.807, 2.05) is 0 Å². The van der Waals surface area contributed by atoms with Crippen molar-refractivity contribution in [3.8, 4) is 11.1 Å². The first-order valence-corrected chi connectivity index (χ1v) is 13.0. The maximum Gasteiger partial charge on any atom is 0.416 e. The summed E-state index contributed by atoms with van der Waals surface area (Å²) in [6.07, 6.45) is -2.72. The predicted octanol–water partition coefficient (Wildman–Crippen LogP) is 7.87. The molecule has 1 fully saturated rings. The van der Waals surface area contributed by atoms with Gasteiger partial charge in [0, 0.05) is 36.5 Å². The summed E-state index contributed by atoms with van der Waals surface area (Å²) in [6, 6.07) is 9.76. The van der Waals surface area contributed by atoms with Crippen LogP contribution in [0.2, 0.25) is 0 Å². The third-order valence-electron chi connectivity index (χ3n) is 7.81. The average molecular weight is 532 g/mol. The van der Waals surface area contributed by atoms with E-state index in [4.69, 9.17) is 9.72 Å². The number of fused-ring (bicyclic) bond motifs is 1. The van der Waals surface area contributed by atoms with Crippen LogP contribution < -0.4 is 0 Å². The molecule has 3 aromatic rings. The lowest BCUT2D eigenvalue weighted by atomic mass is 9.77. The van der Waals surface area contributed by atoms with Gasteiger partial charge < -0.3 is 9.84 Å². The highest BCUT2D eigenvalue weighted by molar-refractivity contribution is 5.75. The van der Waals surface area contributed by atoms with Crippen molar-refractivity contribution >= 4 is 0 Å². The fourth-order valence-corrected chi connectivity index (χ4v) is 6.05. The second kappa shape index (κ2) is 10.7. The molecule has 1 aromatic heterocycles. The molecule has 5 rings (SSSR count). The fraction of sp³-hybridized carbons (Fsp3) is 0.433. The maximum absolute atomic E-state index is 16.6. The van der Waals surface area contributed by atoms with Crippen LogP contribution in [0.1, 0.15) is 83.9 Å². The number of hydrogen-bond acceptors (Lipinski definition) is 3. The number of pyridine rings is 1. The van der Waals surface area contributed by atoms with E-state index in [9.17, 15) is 22.7 Å². The molecule has 2 aliphatic carbocycles. The molecule has 0 bridgehead atoms. The van der Waals surface area contributed by atoms with E-state index in [1.54, 1.807) is 19.2 Å². The quantitative estimate of drug-likeness (QED) is 0.329. The summed E-state index contributed by atoms with van der Waals surface area (Å²) in [5, 5.41) is 11.3. The number of rotatable bonds is 6. The van der Waals surface area contributed by atoms with E-state index >= 15 is 4.39 Å². The predicted molar refractivity (Wildman–Crippen MR) is 134 cm³/mol. The molecule has 0 spiro atoms. The molecule has 3 unspecified atom stereocenters. The van der Waals surface area contributed by atoms with Crippen LogP contribution in [0, 0.1) is 11.7 Å². The van der Waals surface area contributed by atoms with Crippen molar-refractivity contribution in [1.82, 2.24) is 4.98 Å².